The number of nitrogens with one attached hydrogen (secondary N) is 1. The Morgan fingerprint density at radius 3 is 2.46 bits per heavy atom. The standard InChI is InChI=1S/C8H15NO4/c1-6(8(10)11)9-7-4-12-2-3-13-5-7/h6-7,9H,2-5H2,1H3,(H,10,11). The molecule has 1 heterocycles. The largest absolute Gasteiger partial charge is 0.480 e. The van der Waals surface area contributed by atoms with Crippen LogP contribution in [0.2, 0.25) is 0 Å². The number of ether oxygens (including phenoxy) is 2. The van der Waals surface area contributed by atoms with Gasteiger partial charge in [0, 0.05) is 0 Å². The molecule has 0 aromatic heterocycles. The Kier molecular flexibility index (Phi) is 4.14. The van der Waals surface area contributed by atoms with Crippen molar-refractivity contribution in [3.05, 3.63) is 0 Å². The fourth-order valence-electron chi connectivity index (χ4n) is 1.14. The second kappa shape index (κ2) is 5.16. The summed E-state index contributed by atoms with van der Waals surface area (Å²) in [5.41, 5.74) is 0. The van der Waals surface area contributed by atoms with Crippen molar-refractivity contribution < 1.29 is 19.4 Å². The Hall–Kier alpha value is -0.650. The van der Waals surface area contributed by atoms with Gasteiger partial charge in [-0.25, -0.2) is 0 Å². The number of aliphatic carboxylic acids is 1. The Morgan fingerprint density at radius 2 is 2.00 bits per heavy atom. The highest BCUT2D eigenvalue weighted by Crippen LogP contribution is 1.96. The van der Waals surface area contributed by atoms with Crippen molar-refractivity contribution in [2.45, 2.75) is 19.0 Å². The van der Waals surface area contributed by atoms with Gasteiger partial charge in [-0.15, -0.1) is 0 Å². The van der Waals surface area contributed by atoms with Crippen molar-refractivity contribution in [3.8, 4) is 0 Å². The van der Waals surface area contributed by atoms with Gasteiger partial charge < -0.3 is 14.6 Å². The molecule has 1 saturated heterocycles. The SMILES string of the molecule is CC(NC1COCCOC1)C(=O)O. The summed E-state index contributed by atoms with van der Waals surface area (Å²) in [6.07, 6.45) is 0. The highest BCUT2D eigenvalue weighted by molar-refractivity contribution is 5.72. The lowest BCUT2D eigenvalue weighted by Crippen LogP contribution is -2.45. The maximum atomic E-state index is 10.5. The molecular weight excluding hydrogens is 174 g/mol. The van der Waals surface area contributed by atoms with Crippen molar-refractivity contribution in [2.75, 3.05) is 26.4 Å². The Morgan fingerprint density at radius 1 is 1.46 bits per heavy atom. The van der Waals surface area contributed by atoms with E-state index in [0.29, 0.717) is 26.4 Å². The Bertz CT molecular complexity index is 166. The molecule has 0 aliphatic carbocycles. The van der Waals surface area contributed by atoms with Crippen LogP contribution in [-0.2, 0) is 14.3 Å². The lowest BCUT2D eigenvalue weighted by molar-refractivity contribution is -0.139. The minimum Gasteiger partial charge on any atom is -0.480 e. The molecule has 1 rings (SSSR count). The van der Waals surface area contributed by atoms with Crippen LogP contribution in [0.4, 0.5) is 0 Å². The summed E-state index contributed by atoms with van der Waals surface area (Å²) < 4.78 is 10.4. The zero-order valence-electron chi connectivity index (χ0n) is 7.66. The second-order valence-electron chi connectivity index (χ2n) is 3.07. The monoisotopic (exact) mass is 189 g/mol. The van der Waals surface area contributed by atoms with Crippen LogP contribution in [0.1, 0.15) is 6.92 Å². The van der Waals surface area contributed by atoms with Crippen LogP contribution in [0.25, 0.3) is 0 Å². The predicted octanol–water partition coefficient (Wildman–Crippen LogP) is -0.535. The van der Waals surface area contributed by atoms with Gasteiger partial charge in [0.05, 0.1) is 32.5 Å². The van der Waals surface area contributed by atoms with Crippen LogP contribution in [0.5, 0.6) is 0 Å². The lowest BCUT2D eigenvalue weighted by atomic mass is 10.2. The average Bonchev–Trinajstić information content (AvgIpc) is 2.32. The molecule has 0 aromatic carbocycles. The highest BCUT2D eigenvalue weighted by atomic mass is 16.5. The molecule has 0 bridgehead atoms. The average molecular weight is 189 g/mol. The zero-order chi connectivity index (χ0) is 9.68. The van der Waals surface area contributed by atoms with Gasteiger partial charge in [0.25, 0.3) is 0 Å². The fourth-order valence-corrected chi connectivity index (χ4v) is 1.14. The summed E-state index contributed by atoms with van der Waals surface area (Å²) in [5.74, 6) is -0.857. The summed E-state index contributed by atoms with van der Waals surface area (Å²) in [6.45, 7) is 3.79. The van der Waals surface area contributed by atoms with Gasteiger partial charge in [0.1, 0.15) is 6.04 Å². The number of carbonyl (C=O) groups is 1. The minimum absolute atomic E-state index is 0.0198. The molecule has 0 aromatic rings. The summed E-state index contributed by atoms with van der Waals surface area (Å²) in [6, 6.07) is -0.580. The molecule has 13 heavy (non-hydrogen) atoms. The zero-order valence-corrected chi connectivity index (χ0v) is 7.66. The van der Waals surface area contributed by atoms with E-state index in [4.69, 9.17) is 14.6 Å². The molecule has 1 aliphatic heterocycles. The second-order valence-corrected chi connectivity index (χ2v) is 3.07. The van der Waals surface area contributed by atoms with E-state index < -0.39 is 12.0 Å². The van der Waals surface area contributed by atoms with E-state index >= 15 is 0 Å². The molecule has 5 heteroatoms. The van der Waals surface area contributed by atoms with Gasteiger partial charge in [0.2, 0.25) is 0 Å². The first-order valence-corrected chi connectivity index (χ1v) is 4.34. The third-order valence-electron chi connectivity index (χ3n) is 1.87. The maximum absolute atomic E-state index is 10.5. The van der Waals surface area contributed by atoms with E-state index in [-0.39, 0.29) is 6.04 Å². The highest BCUT2D eigenvalue weighted by Gasteiger charge is 2.18. The molecule has 1 aliphatic rings. The molecule has 1 unspecified atom stereocenters. The van der Waals surface area contributed by atoms with E-state index in [2.05, 4.69) is 5.32 Å². The molecule has 76 valence electrons. The van der Waals surface area contributed by atoms with Crippen LogP contribution in [0.3, 0.4) is 0 Å². The summed E-state index contributed by atoms with van der Waals surface area (Å²) in [7, 11) is 0. The molecule has 0 amide bonds. The number of rotatable bonds is 3. The van der Waals surface area contributed by atoms with Crippen molar-refractivity contribution in [1.82, 2.24) is 5.32 Å². The predicted molar refractivity (Wildman–Crippen MR) is 45.7 cm³/mol. The van der Waals surface area contributed by atoms with E-state index in [1.165, 1.54) is 0 Å². The van der Waals surface area contributed by atoms with Gasteiger partial charge in [0.15, 0.2) is 0 Å². The molecule has 0 saturated carbocycles. The topological polar surface area (TPSA) is 67.8 Å². The molecule has 0 spiro atoms. The van der Waals surface area contributed by atoms with E-state index in [1.54, 1.807) is 6.92 Å². The smallest absolute Gasteiger partial charge is 0.320 e. The van der Waals surface area contributed by atoms with Crippen molar-refractivity contribution in [3.63, 3.8) is 0 Å². The van der Waals surface area contributed by atoms with E-state index in [1.807, 2.05) is 0 Å². The summed E-state index contributed by atoms with van der Waals surface area (Å²) in [5, 5.41) is 11.5. The first-order chi connectivity index (χ1) is 6.20. The maximum Gasteiger partial charge on any atom is 0.320 e. The van der Waals surface area contributed by atoms with Crippen LogP contribution in [0.15, 0.2) is 0 Å². The Labute approximate surface area is 77.0 Å². The molecule has 1 atom stereocenters. The molecule has 0 radical (unpaired) electrons. The summed E-state index contributed by atoms with van der Waals surface area (Å²) >= 11 is 0. The third-order valence-corrected chi connectivity index (χ3v) is 1.87. The number of hydrogen-bond donors (Lipinski definition) is 2. The van der Waals surface area contributed by atoms with Crippen LogP contribution in [0, 0.1) is 0 Å². The Balaban J connectivity index is 2.29. The number of hydrogen-bond acceptors (Lipinski definition) is 4. The van der Waals surface area contributed by atoms with Crippen LogP contribution in [-0.4, -0.2) is 49.6 Å². The lowest BCUT2D eigenvalue weighted by Gasteiger charge is -2.17. The number of carboxylic acids is 1. The molecule has 1 fully saturated rings. The van der Waals surface area contributed by atoms with Gasteiger partial charge in [-0.1, -0.05) is 0 Å². The first kappa shape index (κ1) is 10.4. The van der Waals surface area contributed by atoms with Crippen molar-refractivity contribution >= 4 is 5.97 Å². The van der Waals surface area contributed by atoms with Crippen molar-refractivity contribution in [1.29, 1.82) is 0 Å². The number of carboxylic acid groups (broad SMARTS) is 1. The van der Waals surface area contributed by atoms with E-state index in [0.717, 1.165) is 0 Å². The minimum atomic E-state index is -0.857. The summed E-state index contributed by atoms with van der Waals surface area (Å²) in [4.78, 5) is 10.5. The van der Waals surface area contributed by atoms with E-state index in [9.17, 15) is 4.79 Å². The van der Waals surface area contributed by atoms with Crippen LogP contribution >= 0.6 is 0 Å². The van der Waals surface area contributed by atoms with Crippen molar-refractivity contribution in [2.24, 2.45) is 0 Å². The molecule has 5 nitrogen and oxygen atoms in total. The quantitative estimate of drug-likeness (QED) is 0.624. The van der Waals surface area contributed by atoms with Crippen LogP contribution < -0.4 is 5.32 Å². The molecular formula is C8H15NO4. The van der Waals surface area contributed by atoms with Gasteiger partial charge in [-0.3, -0.25) is 10.1 Å². The first-order valence-electron chi connectivity index (χ1n) is 4.34. The van der Waals surface area contributed by atoms with Gasteiger partial charge in [-0.05, 0) is 6.92 Å². The van der Waals surface area contributed by atoms with Gasteiger partial charge >= 0.3 is 5.97 Å². The normalized spacial score (nSPS) is 22.2. The molecule has 2 N–H and O–H groups in total. The van der Waals surface area contributed by atoms with Gasteiger partial charge in [-0.2, -0.15) is 0 Å². The third kappa shape index (κ3) is 3.71. The fraction of sp³-hybridized carbons (Fsp3) is 0.875.